The van der Waals surface area contributed by atoms with Gasteiger partial charge in [-0.3, -0.25) is 0 Å². The lowest BCUT2D eigenvalue weighted by Crippen LogP contribution is -2.44. The Hall–Kier alpha value is -0.0800. The molecule has 0 saturated heterocycles. The molecule has 0 aromatic rings. The van der Waals surface area contributed by atoms with E-state index in [-0.39, 0.29) is 0 Å². The minimum Gasteiger partial charge on any atom is -0.327 e. The molecule has 2 heteroatoms. The third-order valence-electron chi connectivity index (χ3n) is 5.22. The van der Waals surface area contributed by atoms with Gasteiger partial charge < -0.3 is 10.6 Å². The summed E-state index contributed by atoms with van der Waals surface area (Å²) in [6.07, 6.45) is 5.55. The highest BCUT2D eigenvalue weighted by Gasteiger charge is 2.45. The molecule has 5 atom stereocenters. The van der Waals surface area contributed by atoms with Gasteiger partial charge in [-0.2, -0.15) is 0 Å². The van der Waals surface area contributed by atoms with Crippen LogP contribution in [0.4, 0.5) is 0 Å². The van der Waals surface area contributed by atoms with E-state index in [1.807, 2.05) is 0 Å². The van der Waals surface area contributed by atoms with Gasteiger partial charge in [-0.1, -0.05) is 13.8 Å². The van der Waals surface area contributed by atoms with Crippen LogP contribution in [0.2, 0.25) is 0 Å². The van der Waals surface area contributed by atoms with Gasteiger partial charge in [-0.15, -0.1) is 0 Å². The van der Waals surface area contributed by atoms with Crippen LogP contribution in [0.1, 0.15) is 46.5 Å². The van der Waals surface area contributed by atoms with Gasteiger partial charge in [0.2, 0.25) is 0 Å². The summed E-state index contributed by atoms with van der Waals surface area (Å²) < 4.78 is 0. The quantitative estimate of drug-likeness (QED) is 0.798. The van der Waals surface area contributed by atoms with E-state index in [0.717, 1.165) is 23.7 Å². The second-order valence-electron chi connectivity index (χ2n) is 6.99. The highest BCUT2D eigenvalue weighted by atomic mass is 15.1. The fourth-order valence-electron chi connectivity index (χ4n) is 4.10. The van der Waals surface area contributed by atoms with Crippen molar-refractivity contribution in [2.75, 3.05) is 13.6 Å². The zero-order valence-electron chi connectivity index (χ0n) is 12.0. The molecule has 2 aliphatic carbocycles. The van der Waals surface area contributed by atoms with Gasteiger partial charge in [-0.05, 0) is 63.3 Å². The summed E-state index contributed by atoms with van der Waals surface area (Å²) in [6.45, 7) is 8.20. The van der Waals surface area contributed by atoms with Crippen LogP contribution >= 0.6 is 0 Å². The van der Waals surface area contributed by atoms with Crippen LogP contribution in [-0.2, 0) is 0 Å². The summed E-state index contributed by atoms with van der Waals surface area (Å²) >= 11 is 0. The Labute approximate surface area is 107 Å². The number of hydrogen-bond acceptors (Lipinski definition) is 2. The van der Waals surface area contributed by atoms with Crippen LogP contribution in [0.5, 0.6) is 0 Å². The molecule has 0 amide bonds. The molecule has 0 aromatic heterocycles. The van der Waals surface area contributed by atoms with Gasteiger partial charge in [0.25, 0.3) is 0 Å². The number of rotatable bonds is 5. The molecule has 2 aliphatic rings. The van der Waals surface area contributed by atoms with Crippen LogP contribution in [0, 0.1) is 23.7 Å². The Morgan fingerprint density at radius 1 is 1.18 bits per heavy atom. The molecule has 2 nitrogen and oxygen atoms in total. The lowest BCUT2D eigenvalue weighted by Gasteiger charge is -2.34. The van der Waals surface area contributed by atoms with E-state index in [4.69, 9.17) is 5.73 Å². The molecule has 2 N–H and O–H groups in total. The Morgan fingerprint density at radius 2 is 1.82 bits per heavy atom. The van der Waals surface area contributed by atoms with Gasteiger partial charge in [-0.25, -0.2) is 0 Å². The monoisotopic (exact) mass is 238 g/mol. The minimum atomic E-state index is 0.488. The maximum Gasteiger partial charge on any atom is 0.0111 e. The van der Waals surface area contributed by atoms with Crippen molar-refractivity contribution in [1.82, 2.24) is 4.90 Å². The predicted octanol–water partition coefficient (Wildman–Crippen LogP) is 2.73. The lowest BCUT2D eigenvalue weighted by atomic mass is 9.84. The number of nitrogens with two attached hydrogens (primary N) is 1. The SMILES string of the molecule is CC(C)CC(C)N(C)CC1C2CCC(C2)C1N. The molecule has 0 aliphatic heterocycles. The average molecular weight is 238 g/mol. The third kappa shape index (κ3) is 2.85. The third-order valence-corrected chi connectivity index (χ3v) is 5.22. The van der Waals surface area contributed by atoms with Crippen molar-refractivity contribution < 1.29 is 0 Å². The Bertz CT molecular complexity index is 249. The van der Waals surface area contributed by atoms with Crippen molar-refractivity contribution in [3.8, 4) is 0 Å². The zero-order chi connectivity index (χ0) is 12.6. The Kier molecular flexibility index (Phi) is 4.14. The van der Waals surface area contributed by atoms with Gasteiger partial charge in [0.15, 0.2) is 0 Å². The van der Waals surface area contributed by atoms with Crippen molar-refractivity contribution in [2.24, 2.45) is 29.4 Å². The number of hydrogen-bond donors (Lipinski definition) is 1. The van der Waals surface area contributed by atoms with E-state index in [2.05, 4.69) is 32.7 Å². The molecule has 0 spiro atoms. The second-order valence-corrected chi connectivity index (χ2v) is 6.99. The van der Waals surface area contributed by atoms with Crippen LogP contribution in [0.15, 0.2) is 0 Å². The highest BCUT2D eigenvalue weighted by molar-refractivity contribution is 4.99. The van der Waals surface area contributed by atoms with Crippen molar-refractivity contribution in [2.45, 2.75) is 58.5 Å². The topological polar surface area (TPSA) is 29.3 Å². The first-order chi connectivity index (χ1) is 7.99. The number of fused-ring (bicyclic) bond motifs is 2. The van der Waals surface area contributed by atoms with Crippen LogP contribution in [0.25, 0.3) is 0 Å². The van der Waals surface area contributed by atoms with Crippen molar-refractivity contribution >= 4 is 0 Å². The maximum atomic E-state index is 6.39. The largest absolute Gasteiger partial charge is 0.327 e. The minimum absolute atomic E-state index is 0.488. The molecule has 2 fully saturated rings. The van der Waals surface area contributed by atoms with Crippen LogP contribution in [-0.4, -0.2) is 30.6 Å². The fourth-order valence-corrected chi connectivity index (χ4v) is 4.10. The van der Waals surface area contributed by atoms with E-state index >= 15 is 0 Å². The fraction of sp³-hybridized carbons (Fsp3) is 1.00. The molecular weight excluding hydrogens is 208 g/mol. The van der Waals surface area contributed by atoms with Gasteiger partial charge >= 0.3 is 0 Å². The van der Waals surface area contributed by atoms with Gasteiger partial charge in [0.1, 0.15) is 0 Å². The summed E-state index contributed by atoms with van der Waals surface area (Å²) in [4.78, 5) is 2.55. The summed E-state index contributed by atoms with van der Waals surface area (Å²) in [6, 6.07) is 1.18. The Balaban J connectivity index is 1.84. The lowest BCUT2D eigenvalue weighted by molar-refractivity contribution is 0.154. The molecule has 5 unspecified atom stereocenters. The molecule has 0 heterocycles. The van der Waals surface area contributed by atoms with Crippen molar-refractivity contribution in [3.05, 3.63) is 0 Å². The predicted molar refractivity (Wildman–Crippen MR) is 73.8 cm³/mol. The molecule has 0 radical (unpaired) electrons. The van der Waals surface area contributed by atoms with E-state index in [1.54, 1.807) is 0 Å². The van der Waals surface area contributed by atoms with E-state index < -0.39 is 0 Å². The first-order valence-electron chi connectivity index (χ1n) is 7.44. The normalized spacial score (nSPS) is 38.3. The molecular formula is C15H30N2. The smallest absolute Gasteiger partial charge is 0.0111 e. The molecule has 2 saturated carbocycles. The summed E-state index contributed by atoms with van der Waals surface area (Å²) in [7, 11) is 2.28. The Morgan fingerprint density at radius 3 is 2.35 bits per heavy atom. The maximum absolute atomic E-state index is 6.39. The molecule has 2 bridgehead atoms. The van der Waals surface area contributed by atoms with Crippen LogP contribution in [0.3, 0.4) is 0 Å². The van der Waals surface area contributed by atoms with Crippen molar-refractivity contribution in [3.63, 3.8) is 0 Å². The number of nitrogens with zero attached hydrogens (tertiary/aromatic N) is 1. The van der Waals surface area contributed by atoms with E-state index in [9.17, 15) is 0 Å². The van der Waals surface area contributed by atoms with E-state index in [1.165, 1.54) is 32.2 Å². The first kappa shape index (κ1) is 13.4. The second kappa shape index (κ2) is 5.27. The summed E-state index contributed by atoms with van der Waals surface area (Å²) in [5.41, 5.74) is 6.39. The summed E-state index contributed by atoms with van der Waals surface area (Å²) in [5.74, 6) is 3.34. The molecule has 17 heavy (non-hydrogen) atoms. The molecule has 100 valence electrons. The van der Waals surface area contributed by atoms with Gasteiger partial charge in [0, 0.05) is 18.6 Å². The summed E-state index contributed by atoms with van der Waals surface area (Å²) in [5, 5.41) is 0. The standard InChI is InChI=1S/C15H30N2/c1-10(2)7-11(3)17(4)9-14-12-5-6-13(8-12)15(14)16/h10-15H,5-9,16H2,1-4H3. The molecule has 2 rings (SSSR count). The van der Waals surface area contributed by atoms with Gasteiger partial charge in [0.05, 0.1) is 0 Å². The zero-order valence-corrected chi connectivity index (χ0v) is 12.0. The van der Waals surface area contributed by atoms with Crippen molar-refractivity contribution in [1.29, 1.82) is 0 Å². The molecule has 0 aromatic carbocycles. The highest BCUT2D eigenvalue weighted by Crippen LogP contribution is 2.47. The van der Waals surface area contributed by atoms with Crippen LogP contribution < -0.4 is 5.73 Å². The van der Waals surface area contributed by atoms with E-state index in [0.29, 0.717) is 12.1 Å². The average Bonchev–Trinajstić information content (AvgIpc) is 2.81. The first-order valence-corrected chi connectivity index (χ1v) is 7.44.